The Morgan fingerprint density at radius 3 is 2.21 bits per heavy atom. The van der Waals surface area contributed by atoms with E-state index in [-0.39, 0.29) is 31.3 Å². The Kier molecular flexibility index (Phi) is 12.6. The topological polar surface area (TPSA) is 96.0 Å². The number of carbonyl (C=O) groups excluding carboxylic acids is 2. The van der Waals surface area contributed by atoms with Crippen molar-refractivity contribution in [3.05, 3.63) is 95.1 Å². The third kappa shape index (κ3) is 10.4. The number of hydrogen-bond acceptors (Lipinski definition) is 5. The van der Waals surface area contributed by atoms with Gasteiger partial charge < -0.3 is 15.0 Å². The van der Waals surface area contributed by atoms with Crippen molar-refractivity contribution in [2.45, 2.75) is 65.5 Å². The van der Waals surface area contributed by atoms with Gasteiger partial charge in [0, 0.05) is 32.5 Å². The van der Waals surface area contributed by atoms with Gasteiger partial charge >= 0.3 is 0 Å². The van der Waals surface area contributed by atoms with E-state index in [1.165, 1.54) is 10.6 Å². The van der Waals surface area contributed by atoms with Crippen molar-refractivity contribution in [1.82, 2.24) is 10.2 Å². The second-order valence-electron chi connectivity index (χ2n) is 11.0. The summed E-state index contributed by atoms with van der Waals surface area (Å²) in [5, 5.41) is 3.03. The maximum Gasteiger partial charge on any atom is 0.243 e. The van der Waals surface area contributed by atoms with Gasteiger partial charge in [0.05, 0.1) is 19.1 Å². The summed E-state index contributed by atoms with van der Waals surface area (Å²) in [6.07, 6.45) is 3.68. The van der Waals surface area contributed by atoms with Gasteiger partial charge in [-0.1, -0.05) is 61.9 Å². The minimum Gasteiger partial charge on any atom is -0.497 e. The first-order chi connectivity index (χ1) is 20.5. The molecular formula is C34H45N3O5S. The molecule has 9 heteroatoms. The van der Waals surface area contributed by atoms with Gasteiger partial charge in [0.1, 0.15) is 11.8 Å². The summed E-state index contributed by atoms with van der Waals surface area (Å²) in [5.41, 5.74) is 4.28. The molecule has 3 rings (SSSR count). The summed E-state index contributed by atoms with van der Waals surface area (Å²) in [6, 6.07) is 22.0. The Morgan fingerprint density at radius 1 is 0.907 bits per heavy atom. The number of methoxy groups -OCH3 is 1. The minimum atomic E-state index is -3.58. The molecule has 0 aliphatic carbocycles. The number of nitrogens with zero attached hydrogens (tertiary/aromatic N) is 2. The first-order valence-electron chi connectivity index (χ1n) is 14.8. The molecule has 0 saturated heterocycles. The van der Waals surface area contributed by atoms with E-state index in [0.29, 0.717) is 30.8 Å². The van der Waals surface area contributed by atoms with Crippen molar-refractivity contribution in [3.8, 4) is 5.75 Å². The Bertz CT molecular complexity index is 1440. The standard InChI is InChI=1S/C34H45N3O5S/c1-6-7-18-35-34(39)32(24-28-13-9-8-10-14-28)36(25-29-15-11-16-31(23-29)42-4)33(38)17-12-19-37(43(5,40)41)30-21-26(2)20-27(3)22-30/h8-11,13-16,20-23,32H,6-7,12,17-19,24-25H2,1-5H3,(H,35,39)/t32-/m1/s1. The van der Waals surface area contributed by atoms with Crippen LogP contribution in [0.2, 0.25) is 0 Å². The zero-order valence-electron chi connectivity index (χ0n) is 26.0. The van der Waals surface area contributed by atoms with E-state index in [1.807, 2.05) is 86.6 Å². The predicted molar refractivity (Wildman–Crippen MR) is 173 cm³/mol. The molecule has 0 fully saturated rings. The van der Waals surface area contributed by atoms with Crippen molar-refractivity contribution < 1.29 is 22.7 Å². The summed E-state index contributed by atoms with van der Waals surface area (Å²) in [6.45, 7) is 6.80. The second-order valence-corrected chi connectivity index (χ2v) is 12.9. The number of benzene rings is 3. The minimum absolute atomic E-state index is 0.0777. The molecule has 0 bridgehead atoms. The largest absolute Gasteiger partial charge is 0.497 e. The van der Waals surface area contributed by atoms with Crippen LogP contribution < -0.4 is 14.4 Å². The summed E-state index contributed by atoms with van der Waals surface area (Å²) >= 11 is 0. The van der Waals surface area contributed by atoms with Crippen molar-refractivity contribution >= 4 is 27.5 Å². The number of aryl methyl sites for hydroxylation is 2. The molecule has 0 unspecified atom stereocenters. The van der Waals surface area contributed by atoms with Crippen molar-refractivity contribution in [3.63, 3.8) is 0 Å². The van der Waals surface area contributed by atoms with Gasteiger partial charge in [-0.2, -0.15) is 0 Å². The second kappa shape index (κ2) is 16.1. The zero-order chi connectivity index (χ0) is 31.4. The number of nitrogens with one attached hydrogen (secondary N) is 1. The summed E-state index contributed by atoms with van der Waals surface area (Å²) in [4.78, 5) is 29.2. The number of unbranched alkanes of at least 4 members (excludes halogenated alkanes) is 1. The molecule has 0 aliphatic rings. The molecule has 8 nitrogen and oxygen atoms in total. The monoisotopic (exact) mass is 607 g/mol. The number of ether oxygens (including phenoxy) is 1. The maximum atomic E-state index is 14.0. The van der Waals surface area contributed by atoms with Crippen LogP contribution in [0.5, 0.6) is 5.75 Å². The molecule has 0 radical (unpaired) electrons. The number of rotatable bonds is 16. The molecule has 3 aromatic carbocycles. The highest BCUT2D eigenvalue weighted by Gasteiger charge is 2.30. The third-order valence-corrected chi connectivity index (χ3v) is 8.43. The fourth-order valence-corrected chi connectivity index (χ4v) is 6.08. The number of hydrogen-bond donors (Lipinski definition) is 1. The average Bonchev–Trinajstić information content (AvgIpc) is 2.96. The summed E-state index contributed by atoms with van der Waals surface area (Å²) in [7, 11) is -1.99. The fraction of sp³-hybridized carbons (Fsp3) is 0.412. The van der Waals surface area contributed by atoms with Gasteiger partial charge in [-0.15, -0.1) is 0 Å². The lowest BCUT2D eigenvalue weighted by Crippen LogP contribution is -2.50. The van der Waals surface area contributed by atoms with Gasteiger partial charge in [-0.3, -0.25) is 13.9 Å². The van der Waals surface area contributed by atoms with E-state index >= 15 is 0 Å². The van der Waals surface area contributed by atoms with E-state index < -0.39 is 16.1 Å². The lowest BCUT2D eigenvalue weighted by atomic mass is 10.0. The van der Waals surface area contributed by atoms with Gasteiger partial charge in [-0.25, -0.2) is 8.42 Å². The molecule has 0 aliphatic heterocycles. The van der Waals surface area contributed by atoms with Gasteiger partial charge in [0.25, 0.3) is 0 Å². The SMILES string of the molecule is CCCCNC(=O)[C@@H](Cc1ccccc1)N(Cc1cccc(OC)c1)C(=O)CCCN(c1cc(C)cc(C)c1)S(C)(=O)=O. The number of sulfonamides is 1. The molecule has 3 aromatic rings. The maximum absolute atomic E-state index is 14.0. The van der Waals surface area contributed by atoms with Gasteiger partial charge in [0.2, 0.25) is 21.8 Å². The predicted octanol–water partition coefficient (Wildman–Crippen LogP) is 5.41. The smallest absolute Gasteiger partial charge is 0.243 e. The third-order valence-electron chi connectivity index (χ3n) is 7.23. The fourth-order valence-electron chi connectivity index (χ4n) is 5.13. The van der Waals surface area contributed by atoms with Gasteiger partial charge in [-0.05, 0) is 73.2 Å². The van der Waals surface area contributed by atoms with E-state index in [1.54, 1.807) is 12.0 Å². The quantitative estimate of drug-likeness (QED) is 0.220. The Balaban J connectivity index is 1.90. The van der Waals surface area contributed by atoms with E-state index in [4.69, 9.17) is 4.74 Å². The number of carbonyl (C=O) groups is 2. The highest BCUT2D eigenvalue weighted by atomic mass is 32.2. The molecular weight excluding hydrogens is 562 g/mol. The first kappa shape index (κ1) is 33.6. The van der Waals surface area contributed by atoms with Crippen molar-refractivity contribution in [2.75, 3.05) is 30.8 Å². The van der Waals surface area contributed by atoms with Gasteiger partial charge in [0.15, 0.2) is 0 Å². The first-order valence-corrected chi connectivity index (χ1v) is 16.7. The van der Waals surface area contributed by atoms with Crippen LogP contribution in [0.1, 0.15) is 54.9 Å². The molecule has 43 heavy (non-hydrogen) atoms. The van der Waals surface area contributed by atoms with E-state index in [2.05, 4.69) is 12.2 Å². The molecule has 1 N–H and O–H groups in total. The molecule has 232 valence electrons. The highest BCUT2D eigenvalue weighted by molar-refractivity contribution is 7.92. The van der Waals surface area contributed by atoms with Crippen LogP contribution in [-0.4, -0.2) is 57.6 Å². The number of anilines is 1. The normalized spacial score (nSPS) is 11.9. The lowest BCUT2D eigenvalue weighted by Gasteiger charge is -2.32. The van der Waals surface area contributed by atoms with Crippen LogP contribution in [0.3, 0.4) is 0 Å². The van der Waals surface area contributed by atoms with Crippen LogP contribution in [-0.2, 0) is 32.6 Å². The zero-order valence-corrected chi connectivity index (χ0v) is 26.8. The lowest BCUT2D eigenvalue weighted by molar-refractivity contribution is -0.141. The molecule has 0 saturated carbocycles. The Hall–Kier alpha value is -3.85. The molecule has 1 atom stereocenters. The van der Waals surface area contributed by atoms with E-state index in [0.717, 1.165) is 35.1 Å². The Labute approximate surface area is 257 Å². The molecule has 0 spiro atoms. The van der Waals surface area contributed by atoms with Crippen LogP contribution in [0.4, 0.5) is 5.69 Å². The molecule has 0 aromatic heterocycles. The van der Waals surface area contributed by atoms with Crippen molar-refractivity contribution in [1.29, 1.82) is 0 Å². The van der Waals surface area contributed by atoms with E-state index in [9.17, 15) is 18.0 Å². The molecule has 0 heterocycles. The molecule has 2 amide bonds. The Morgan fingerprint density at radius 2 is 1.58 bits per heavy atom. The van der Waals surface area contributed by atoms with Crippen LogP contribution in [0.15, 0.2) is 72.8 Å². The summed E-state index contributed by atoms with van der Waals surface area (Å²) < 4.78 is 32.3. The van der Waals surface area contributed by atoms with Crippen LogP contribution in [0, 0.1) is 13.8 Å². The van der Waals surface area contributed by atoms with Crippen LogP contribution in [0.25, 0.3) is 0 Å². The van der Waals surface area contributed by atoms with Crippen LogP contribution >= 0.6 is 0 Å². The summed E-state index contributed by atoms with van der Waals surface area (Å²) in [5.74, 6) is 0.235. The average molecular weight is 608 g/mol. The highest BCUT2D eigenvalue weighted by Crippen LogP contribution is 2.23. The number of amides is 2. The van der Waals surface area contributed by atoms with Crippen molar-refractivity contribution in [2.24, 2.45) is 0 Å².